The molecule has 0 aliphatic carbocycles. The van der Waals surface area contributed by atoms with E-state index < -0.39 is 11.0 Å². The van der Waals surface area contributed by atoms with E-state index in [9.17, 15) is 19.7 Å². The number of nitrogens with one attached hydrogen (secondary N) is 1. The van der Waals surface area contributed by atoms with Crippen LogP contribution >= 0.6 is 0 Å². The van der Waals surface area contributed by atoms with Crippen molar-refractivity contribution in [2.24, 2.45) is 0 Å². The van der Waals surface area contributed by atoms with E-state index in [1.54, 1.807) is 60.7 Å². The third-order valence-corrected chi connectivity index (χ3v) is 4.69. The van der Waals surface area contributed by atoms with Gasteiger partial charge in [-0.05, 0) is 30.3 Å². The van der Waals surface area contributed by atoms with Crippen LogP contribution in [0.2, 0.25) is 0 Å². The fourth-order valence-corrected chi connectivity index (χ4v) is 3.22. The lowest BCUT2D eigenvalue weighted by Crippen LogP contribution is -2.23. The van der Waals surface area contributed by atoms with Crippen LogP contribution in [0.25, 0.3) is 0 Å². The topological polar surface area (TPSA) is 102 Å². The monoisotopic (exact) mass is 403 g/mol. The van der Waals surface area contributed by atoms with E-state index in [2.05, 4.69) is 5.32 Å². The van der Waals surface area contributed by atoms with Crippen LogP contribution < -0.4 is 10.2 Å². The molecule has 1 fully saturated rings. The minimum atomic E-state index is -0.536. The van der Waals surface area contributed by atoms with Crippen molar-refractivity contribution in [3.05, 3.63) is 94.0 Å². The van der Waals surface area contributed by atoms with E-state index in [4.69, 9.17) is 4.74 Å². The van der Waals surface area contributed by atoms with Crippen molar-refractivity contribution in [2.75, 3.05) is 23.4 Å². The number of carbonyl (C=O) groups is 2. The van der Waals surface area contributed by atoms with Gasteiger partial charge in [-0.25, -0.2) is 4.79 Å². The van der Waals surface area contributed by atoms with E-state index in [-0.39, 0.29) is 22.7 Å². The number of nitrogens with zero attached hydrogens (tertiary/aromatic N) is 2. The van der Waals surface area contributed by atoms with Gasteiger partial charge in [0.05, 0.1) is 11.5 Å². The van der Waals surface area contributed by atoms with Gasteiger partial charge in [0.2, 0.25) is 0 Å². The number of benzene rings is 3. The van der Waals surface area contributed by atoms with Gasteiger partial charge in [0, 0.05) is 28.6 Å². The Bertz CT molecular complexity index is 1130. The van der Waals surface area contributed by atoms with Gasteiger partial charge in [0.25, 0.3) is 5.69 Å². The van der Waals surface area contributed by atoms with E-state index in [0.717, 1.165) is 0 Å². The van der Waals surface area contributed by atoms with E-state index in [0.29, 0.717) is 30.1 Å². The number of hydrogen-bond acceptors (Lipinski definition) is 6. The molecule has 1 heterocycles. The average Bonchev–Trinajstić information content (AvgIpc) is 3.20. The van der Waals surface area contributed by atoms with Gasteiger partial charge in [0.1, 0.15) is 12.3 Å². The van der Waals surface area contributed by atoms with Crippen molar-refractivity contribution in [3.8, 4) is 0 Å². The van der Waals surface area contributed by atoms with E-state index in [1.807, 2.05) is 0 Å². The van der Waals surface area contributed by atoms with Gasteiger partial charge in [-0.3, -0.25) is 19.8 Å². The number of hydrogen-bond donors (Lipinski definition) is 1. The van der Waals surface area contributed by atoms with Crippen LogP contribution in [-0.2, 0) is 4.74 Å². The Morgan fingerprint density at radius 1 is 1.00 bits per heavy atom. The highest BCUT2D eigenvalue weighted by Gasteiger charge is 2.24. The highest BCUT2D eigenvalue weighted by Crippen LogP contribution is 2.31. The first kappa shape index (κ1) is 19.1. The molecular weight excluding hydrogens is 386 g/mol. The summed E-state index contributed by atoms with van der Waals surface area (Å²) < 4.78 is 4.95. The van der Waals surface area contributed by atoms with Crippen LogP contribution in [-0.4, -0.2) is 30.0 Å². The fourth-order valence-electron chi connectivity index (χ4n) is 3.22. The Labute approximate surface area is 171 Å². The molecular formula is C22H17N3O5. The summed E-state index contributed by atoms with van der Waals surface area (Å²) >= 11 is 0. The Hall–Kier alpha value is -4.20. The van der Waals surface area contributed by atoms with Crippen molar-refractivity contribution >= 4 is 34.6 Å². The second-order valence-electron chi connectivity index (χ2n) is 6.63. The summed E-state index contributed by atoms with van der Waals surface area (Å²) in [5.41, 5.74) is 1.90. The summed E-state index contributed by atoms with van der Waals surface area (Å²) in [6, 6.07) is 19.8. The number of anilines is 3. The minimum Gasteiger partial charge on any atom is -0.447 e. The smallest absolute Gasteiger partial charge is 0.414 e. The molecule has 0 radical (unpaired) electrons. The number of amides is 1. The van der Waals surface area contributed by atoms with Gasteiger partial charge < -0.3 is 10.1 Å². The van der Waals surface area contributed by atoms with Crippen molar-refractivity contribution < 1.29 is 19.2 Å². The summed E-state index contributed by atoms with van der Waals surface area (Å²) in [5, 5.41) is 14.6. The standard InChI is InChI=1S/C22H17N3O5/c26-21(15-5-2-1-3-6-15)16-9-10-19(20(13-16)25(28)29)23-17-7-4-8-18(14-17)24-11-12-30-22(24)27/h1-10,13-14,23H,11-12H2. The van der Waals surface area contributed by atoms with Gasteiger partial charge in [-0.15, -0.1) is 0 Å². The number of carbonyl (C=O) groups excluding carboxylic acids is 2. The molecule has 3 aromatic rings. The Kier molecular flexibility index (Phi) is 5.13. The molecule has 0 aromatic heterocycles. The molecule has 0 bridgehead atoms. The number of rotatable bonds is 6. The predicted octanol–water partition coefficient (Wildman–Crippen LogP) is 4.53. The van der Waals surface area contributed by atoms with Crippen LogP contribution in [0.5, 0.6) is 0 Å². The summed E-state index contributed by atoms with van der Waals surface area (Å²) in [5.74, 6) is -0.292. The zero-order valence-corrected chi connectivity index (χ0v) is 15.8. The first-order valence-electron chi connectivity index (χ1n) is 9.22. The molecule has 8 nitrogen and oxygen atoms in total. The Morgan fingerprint density at radius 3 is 2.50 bits per heavy atom. The fraction of sp³-hybridized carbons (Fsp3) is 0.0909. The molecule has 1 N–H and O–H groups in total. The zero-order chi connectivity index (χ0) is 21.1. The van der Waals surface area contributed by atoms with Crippen molar-refractivity contribution in [2.45, 2.75) is 0 Å². The molecule has 150 valence electrons. The number of nitro groups is 1. The summed E-state index contributed by atoms with van der Waals surface area (Å²) in [7, 11) is 0. The van der Waals surface area contributed by atoms with Gasteiger partial charge in [-0.2, -0.15) is 0 Å². The highest BCUT2D eigenvalue weighted by molar-refractivity contribution is 6.09. The van der Waals surface area contributed by atoms with E-state index >= 15 is 0 Å². The molecule has 4 rings (SSSR count). The van der Waals surface area contributed by atoms with Gasteiger partial charge >= 0.3 is 6.09 Å². The molecule has 0 unspecified atom stereocenters. The number of ether oxygens (including phenoxy) is 1. The van der Waals surface area contributed by atoms with Crippen LogP contribution in [0.15, 0.2) is 72.8 Å². The number of nitro benzene ring substituents is 1. The van der Waals surface area contributed by atoms with Crippen LogP contribution in [0.4, 0.5) is 27.5 Å². The summed E-state index contributed by atoms with van der Waals surface area (Å²) in [6.07, 6.45) is -0.429. The van der Waals surface area contributed by atoms with Crippen LogP contribution in [0, 0.1) is 10.1 Å². The van der Waals surface area contributed by atoms with Gasteiger partial charge in [0.15, 0.2) is 5.78 Å². The SMILES string of the molecule is O=C(c1ccccc1)c1ccc(Nc2cccc(N3CCOC3=O)c2)c([N+](=O)[O-])c1. The molecule has 0 atom stereocenters. The van der Waals surface area contributed by atoms with Crippen molar-refractivity contribution in [1.82, 2.24) is 0 Å². The summed E-state index contributed by atoms with van der Waals surface area (Å²) in [6.45, 7) is 0.762. The molecule has 1 saturated heterocycles. The second kappa shape index (κ2) is 8.04. The normalized spacial score (nSPS) is 13.1. The second-order valence-corrected chi connectivity index (χ2v) is 6.63. The van der Waals surface area contributed by atoms with E-state index in [1.165, 1.54) is 17.0 Å². The maximum atomic E-state index is 12.6. The quantitative estimate of drug-likeness (QED) is 0.369. The third kappa shape index (κ3) is 3.83. The molecule has 8 heteroatoms. The minimum absolute atomic E-state index is 0.220. The lowest BCUT2D eigenvalue weighted by atomic mass is 10.0. The molecule has 0 spiro atoms. The molecule has 1 amide bonds. The lowest BCUT2D eigenvalue weighted by Gasteiger charge is -2.15. The Balaban J connectivity index is 1.62. The molecule has 1 aliphatic rings. The first-order valence-corrected chi connectivity index (χ1v) is 9.22. The highest BCUT2D eigenvalue weighted by atomic mass is 16.6. The largest absolute Gasteiger partial charge is 0.447 e. The van der Waals surface area contributed by atoms with Crippen molar-refractivity contribution in [1.29, 1.82) is 0 Å². The van der Waals surface area contributed by atoms with Gasteiger partial charge in [-0.1, -0.05) is 36.4 Å². The van der Waals surface area contributed by atoms with Crippen LogP contribution in [0.1, 0.15) is 15.9 Å². The number of ketones is 1. The number of cyclic esters (lactones) is 1. The Morgan fingerprint density at radius 2 is 1.80 bits per heavy atom. The van der Waals surface area contributed by atoms with Crippen LogP contribution in [0.3, 0.4) is 0 Å². The maximum Gasteiger partial charge on any atom is 0.414 e. The summed E-state index contributed by atoms with van der Waals surface area (Å²) in [4.78, 5) is 37.0. The molecule has 1 aliphatic heterocycles. The zero-order valence-electron chi connectivity index (χ0n) is 15.8. The predicted molar refractivity (Wildman–Crippen MR) is 111 cm³/mol. The maximum absolute atomic E-state index is 12.6. The lowest BCUT2D eigenvalue weighted by molar-refractivity contribution is -0.383. The molecule has 3 aromatic carbocycles. The average molecular weight is 403 g/mol. The first-order chi connectivity index (χ1) is 14.5. The third-order valence-electron chi connectivity index (χ3n) is 4.69. The molecule has 30 heavy (non-hydrogen) atoms. The van der Waals surface area contributed by atoms with Crippen molar-refractivity contribution in [3.63, 3.8) is 0 Å². The molecule has 0 saturated carbocycles.